The number of halogens is 1. The van der Waals surface area contributed by atoms with Gasteiger partial charge in [-0.3, -0.25) is 4.79 Å². The molecular weight excluding hydrogens is 524 g/mol. The molecule has 212 valence electrons. The second kappa shape index (κ2) is 18.1. The van der Waals surface area contributed by atoms with Gasteiger partial charge < -0.3 is 10.1 Å². The summed E-state index contributed by atoms with van der Waals surface area (Å²) in [5.74, 6) is 0.676. The first kappa shape index (κ1) is 31.2. The van der Waals surface area contributed by atoms with Gasteiger partial charge in [0, 0.05) is 10.7 Å². The number of rotatable bonds is 19. The summed E-state index contributed by atoms with van der Waals surface area (Å²) in [6, 6.07) is 13.6. The summed E-state index contributed by atoms with van der Waals surface area (Å²) >= 11 is 8.20. The van der Waals surface area contributed by atoms with Gasteiger partial charge in [-0.1, -0.05) is 107 Å². The fourth-order valence-corrected chi connectivity index (χ4v) is 5.93. The Balaban J connectivity index is 1.30. The van der Waals surface area contributed by atoms with Crippen LogP contribution in [-0.2, 0) is 17.8 Å². The predicted octanol–water partition coefficient (Wildman–Crippen LogP) is 9.64. The summed E-state index contributed by atoms with van der Waals surface area (Å²) < 4.78 is 8.12. The van der Waals surface area contributed by atoms with Crippen molar-refractivity contribution >= 4 is 34.5 Å². The van der Waals surface area contributed by atoms with Crippen molar-refractivity contribution in [3.8, 4) is 16.3 Å². The number of anilines is 1. The maximum absolute atomic E-state index is 12.6. The molecule has 0 aliphatic heterocycles. The molecular formula is C33H46ClN2O2S+. The van der Waals surface area contributed by atoms with Crippen LogP contribution in [0, 0.1) is 0 Å². The van der Waals surface area contributed by atoms with Crippen LogP contribution in [0.4, 0.5) is 5.69 Å². The van der Waals surface area contributed by atoms with Crippen molar-refractivity contribution in [1.82, 2.24) is 0 Å². The molecule has 4 nitrogen and oxygen atoms in total. The van der Waals surface area contributed by atoms with Gasteiger partial charge in [0.2, 0.25) is 5.91 Å². The summed E-state index contributed by atoms with van der Waals surface area (Å²) in [6.07, 6.45) is 18.3. The van der Waals surface area contributed by atoms with Gasteiger partial charge in [-0.2, -0.15) is 4.57 Å². The van der Waals surface area contributed by atoms with Crippen LogP contribution < -0.4 is 14.6 Å². The molecule has 0 radical (unpaired) electrons. The molecule has 1 heterocycles. The van der Waals surface area contributed by atoms with Crippen molar-refractivity contribution < 1.29 is 14.1 Å². The van der Waals surface area contributed by atoms with Crippen molar-refractivity contribution in [2.45, 2.75) is 104 Å². The van der Waals surface area contributed by atoms with Gasteiger partial charge in [-0.05, 0) is 55.3 Å². The van der Waals surface area contributed by atoms with Gasteiger partial charge in [-0.25, -0.2) is 0 Å². The van der Waals surface area contributed by atoms with Crippen molar-refractivity contribution in [3.05, 3.63) is 64.6 Å². The van der Waals surface area contributed by atoms with Crippen molar-refractivity contribution in [1.29, 1.82) is 0 Å². The molecule has 3 aromatic rings. The summed E-state index contributed by atoms with van der Waals surface area (Å²) in [5, 5.41) is 6.85. The van der Waals surface area contributed by atoms with Crippen LogP contribution in [0.1, 0.15) is 96.5 Å². The highest BCUT2D eigenvalue weighted by Gasteiger charge is 2.14. The SMILES string of the molecule is CCCCCCCCCCCCCCOc1ccc(CC(=O)Nc2ccc(-c3scc[n+]3CC)cc2)c(Cl)c1. The van der Waals surface area contributed by atoms with Crippen LogP contribution in [-0.4, -0.2) is 12.5 Å². The Morgan fingerprint density at radius 2 is 1.51 bits per heavy atom. The Bertz CT molecular complexity index is 1110. The fraction of sp³-hybridized carbons (Fsp3) is 0.515. The third-order valence-electron chi connectivity index (χ3n) is 7.08. The van der Waals surface area contributed by atoms with E-state index in [4.69, 9.17) is 16.3 Å². The standard InChI is InChI=1S/C33H45ClN2O2S/c1-3-5-6-7-8-9-10-11-12-13-14-15-23-38-30-21-18-28(31(34)26-30)25-32(37)35-29-19-16-27(17-20-29)33-36(4-2)22-24-39-33/h16-22,24,26H,3-15,23,25H2,1-2H3/p+1. The molecule has 0 aliphatic carbocycles. The lowest BCUT2D eigenvalue weighted by molar-refractivity contribution is -0.678. The van der Waals surface area contributed by atoms with Crippen LogP contribution in [0.2, 0.25) is 5.02 Å². The Morgan fingerprint density at radius 1 is 0.872 bits per heavy atom. The van der Waals surface area contributed by atoms with Crippen LogP contribution in [0.3, 0.4) is 0 Å². The van der Waals surface area contributed by atoms with E-state index in [2.05, 4.69) is 35.3 Å². The molecule has 0 fully saturated rings. The smallest absolute Gasteiger partial charge is 0.268 e. The number of nitrogens with one attached hydrogen (secondary N) is 1. The van der Waals surface area contributed by atoms with Crippen LogP contribution >= 0.6 is 22.9 Å². The van der Waals surface area contributed by atoms with Crippen LogP contribution in [0.15, 0.2) is 54.0 Å². The number of hydrogen-bond donors (Lipinski definition) is 1. The molecule has 2 aromatic carbocycles. The number of unbranched alkanes of at least 4 members (excludes halogenated alkanes) is 11. The summed E-state index contributed by atoms with van der Waals surface area (Å²) in [5.41, 5.74) is 2.72. The maximum atomic E-state index is 12.6. The maximum Gasteiger partial charge on any atom is 0.268 e. The van der Waals surface area contributed by atoms with E-state index in [1.54, 1.807) is 11.3 Å². The van der Waals surface area contributed by atoms with E-state index < -0.39 is 0 Å². The highest BCUT2D eigenvalue weighted by molar-refractivity contribution is 7.12. The monoisotopic (exact) mass is 569 g/mol. The second-order valence-electron chi connectivity index (χ2n) is 10.3. The minimum atomic E-state index is -0.0884. The molecule has 1 aromatic heterocycles. The fourth-order valence-electron chi connectivity index (χ4n) is 4.76. The van der Waals surface area contributed by atoms with E-state index in [-0.39, 0.29) is 12.3 Å². The number of benzene rings is 2. The number of amides is 1. The predicted molar refractivity (Wildman–Crippen MR) is 166 cm³/mol. The number of ether oxygens (including phenoxy) is 1. The topological polar surface area (TPSA) is 42.2 Å². The molecule has 0 bridgehead atoms. The Hall–Kier alpha value is -2.37. The first-order chi connectivity index (χ1) is 19.1. The van der Waals surface area contributed by atoms with Gasteiger partial charge in [0.1, 0.15) is 12.3 Å². The van der Waals surface area contributed by atoms with E-state index in [9.17, 15) is 4.79 Å². The molecule has 3 rings (SSSR count). The largest absolute Gasteiger partial charge is 0.494 e. The van der Waals surface area contributed by atoms with Gasteiger partial charge >= 0.3 is 0 Å². The van der Waals surface area contributed by atoms with Gasteiger partial charge in [0.15, 0.2) is 6.20 Å². The lowest BCUT2D eigenvalue weighted by Gasteiger charge is -2.10. The van der Waals surface area contributed by atoms with E-state index in [0.29, 0.717) is 11.6 Å². The molecule has 0 saturated heterocycles. The van der Waals surface area contributed by atoms with Gasteiger partial charge in [0.25, 0.3) is 5.01 Å². The summed E-state index contributed by atoms with van der Waals surface area (Å²) in [7, 11) is 0. The Kier molecular flexibility index (Phi) is 14.4. The number of thiazole rings is 1. The number of aryl methyl sites for hydroxylation is 1. The zero-order valence-electron chi connectivity index (χ0n) is 23.9. The summed E-state index contributed by atoms with van der Waals surface area (Å²) in [4.78, 5) is 12.6. The Morgan fingerprint density at radius 3 is 2.13 bits per heavy atom. The summed E-state index contributed by atoms with van der Waals surface area (Å²) in [6.45, 7) is 6.04. The highest BCUT2D eigenvalue weighted by Crippen LogP contribution is 2.25. The van der Waals surface area contributed by atoms with Crippen molar-refractivity contribution in [2.24, 2.45) is 0 Å². The molecule has 0 atom stereocenters. The van der Waals surface area contributed by atoms with Crippen LogP contribution in [0.25, 0.3) is 10.6 Å². The molecule has 1 amide bonds. The quantitative estimate of drug-likeness (QED) is 0.115. The van der Waals surface area contributed by atoms with Crippen molar-refractivity contribution in [2.75, 3.05) is 11.9 Å². The first-order valence-electron chi connectivity index (χ1n) is 14.9. The normalized spacial score (nSPS) is 11.1. The lowest BCUT2D eigenvalue weighted by Crippen LogP contribution is -2.31. The Labute approximate surface area is 244 Å². The molecule has 0 spiro atoms. The number of aromatic nitrogens is 1. The minimum Gasteiger partial charge on any atom is -0.494 e. The van der Waals surface area contributed by atoms with E-state index >= 15 is 0 Å². The van der Waals surface area contributed by atoms with Gasteiger partial charge in [0.05, 0.1) is 24.0 Å². The first-order valence-corrected chi connectivity index (χ1v) is 16.1. The third-order valence-corrected chi connectivity index (χ3v) is 8.38. The molecule has 0 saturated carbocycles. The highest BCUT2D eigenvalue weighted by atomic mass is 35.5. The van der Waals surface area contributed by atoms with Crippen molar-refractivity contribution in [3.63, 3.8) is 0 Å². The number of hydrogen-bond acceptors (Lipinski definition) is 3. The van der Waals surface area contributed by atoms with E-state index in [1.807, 2.05) is 42.5 Å². The number of nitrogens with zero attached hydrogens (tertiary/aromatic N) is 1. The second-order valence-corrected chi connectivity index (χ2v) is 11.6. The van der Waals surface area contributed by atoms with Gasteiger partial charge in [-0.15, -0.1) is 0 Å². The molecule has 6 heteroatoms. The molecule has 39 heavy (non-hydrogen) atoms. The zero-order chi connectivity index (χ0) is 27.7. The molecule has 0 aliphatic rings. The molecule has 1 N–H and O–H groups in total. The number of carbonyl (C=O) groups is 1. The average Bonchev–Trinajstić information content (AvgIpc) is 3.42. The zero-order valence-corrected chi connectivity index (χ0v) is 25.4. The minimum absolute atomic E-state index is 0.0884. The van der Waals surface area contributed by atoms with Crippen LogP contribution in [0.5, 0.6) is 5.75 Å². The third kappa shape index (κ3) is 11.3. The van der Waals surface area contributed by atoms with E-state index in [1.165, 1.54) is 75.6 Å². The average molecular weight is 570 g/mol. The molecule has 0 unspecified atom stereocenters. The number of carbonyl (C=O) groups excluding carboxylic acids is 1. The lowest BCUT2D eigenvalue weighted by atomic mass is 10.1. The van der Waals surface area contributed by atoms with E-state index in [0.717, 1.165) is 35.5 Å².